The van der Waals surface area contributed by atoms with Crippen molar-refractivity contribution < 1.29 is 4.79 Å². The van der Waals surface area contributed by atoms with E-state index in [2.05, 4.69) is 15.5 Å². The number of anilines is 1. The number of carbonyl (C=O) groups is 1. The number of hydrogen-bond donors (Lipinski definition) is 2. The molecule has 0 saturated carbocycles. The number of aryl methyl sites for hydroxylation is 1. The number of unbranched alkanes of at least 4 members (excludes halogenated alkanes) is 2. The molecule has 0 bridgehead atoms. The zero-order chi connectivity index (χ0) is 15.1. The second-order valence-electron chi connectivity index (χ2n) is 4.96. The first kappa shape index (κ1) is 15.2. The summed E-state index contributed by atoms with van der Waals surface area (Å²) in [6.45, 7) is 0.677. The maximum absolute atomic E-state index is 12.0. The van der Waals surface area contributed by atoms with Gasteiger partial charge in [0.2, 0.25) is 5.91 Å². The van der Waals surface area contributed by atoms with Crippen molar-refractivity contribution in [1.82, 2.24) is 14.8 Å². The van der Waals surface area contributed by atoms with Gasteiger partial charge in [-0.15, -0.1) is 10.2 Å². The first-order valence-electron chi connectivity index (χ1n) is 7.15. The minimum absolute atomic E-state index is 0.0154. The highest BCUT2D eigenvalue weighted by Gasteiger charge is 2.11. The van der Waals surface area contributed by atoms with Crippen LogP contribution in [-0.4, -0.2) is 27.2 Å². The minimum Gasteiger partial charge on any atom is -0.330 e. The number of nitrogens with one attached hydrogen (secondary N) is 1. The Labute approximate surface area is 124 Å². The lowest BCUT2D eigenvalue weighted by Crippen LogP contribution is -2.12. The van der Waals surface area contributed by atoms with Crippen LogP contribution >= 0.6 is 0 Å². The van der Waals surface area contributed by atoms with Crippen LogP contribution < -0.4 is 11.1 Å². The number of amides is 1. The minimum atomic E-state index is 0.0154. The van der Waals surface area contributed by atoms with Gasteiger partial charge in [0.25, 0.3) is 0 Å². The third kappa shape index (κ3) is 4.13. The topological polar surface area (TPSA) is 85.8 Å². The van der Waals surface area contributed by atoms with Gasteiger partial charge >= 0.3 is 0 Å². The Morgan fingerprint density at radius 3 is 2.81 bits per heavy atom. The summed E-state index contributed by atoms with van der Waals surface area (Å²) in [5.74, 6) is 0.746. The fraction of sp³-hybridized carbons (Fsp3) is 0.400. The summed E-state index contributed by atoms with van der Waals surface area (Å²) in [6, 6.07) is 7.61. The van der Waals surface area contributed by atoms with Crippen LogP contribution in [0, 0.1) is 0 Å². The summed E-state index contributed by atoms with van der Waals surface area (Å²) in [4.78, 5) is 12.0. The fourth-order valence-corrected chi connectivity index (χ4v) is 2.13. The Morgan fingerprint density at radius 1 is 1.29 bits per heavy atom. The molecule has 0 aliphatic rings. The molecule has 3 N–H and O–H groups in total. The molecular weight excluding hydrogens is 266 g/mol. The maximum Gasteiger partial charge on any atom is 0.224 e. The van der Waals surface area contributed by atoms with Crippen LogP contribution in [0.3, 0.4) is 0 Å². The quantitative estimate of drug-likeness (QED) is 0.762. The average Bonchev–Trinajstić information content (AvgIpc) is 2.90. The molecule has 21 heavy (non-hydrogen) atoms. The number of nitrogens with two attached hydrogens (primary N) is 1. The molecule has 6 heteroatoms. The number of aromatic nitrogens is 3. The van der Waals surface area contributed by atoms with E-state index in [-0.39, 0.29) is 5.91 Å². The smallest absolute Gasteiger partial charge is 0.224 e. The Balaban J connectivity index is 2.04. The number of rotatable bonds is 7. The van der Waals surface area contributed by atoms with E-state index < -0.39 is 0 Å². The van der Waals surface area contributed by atoms with Crippen LogP contribution in [0.2, 0.25) is 0 Å². The first-order valence-corrected chi connectivity index (χ1v) is 7.15. The van der Waals surface area contributed by atoms with Crippen LogP contribution in [-0.2, 0) is 11.8 Å². The van der Waals surface area contributed by atoms with E-state index in [0.29, 0.717) is 13.0 Å². The lowest BCUT2D eigenvalue weighted by molar-refractivity contribution is -0.116. The van der Waals surface area contributed by atoms with Crippen LogP contribution in [0.25, 0.3) is 11.4 Å². The van der Waals surface area contributed by atoms with Crippen LogP contribution in [0.1, 0.15) is 25.7 Å². The summed E-state index contributed by atoms with van der Waals surface area (Å²) < 4.78 is 1.83. The molecule has 0 aliphatic carbocycles. The van der Waals surface area contributed by atoms with Gasteiger partial charge in [-0.1, -0.05) is 18.6 Å². The van der Waals surface area contributed by atoms with Crippen molar-refractivity contribution in [2.24, 2.45) is 12.8 Å². The van der Waals surface area contributed by atoms with E-state index in [4.69, 9.17) is 5.73 Å². The zero-order valence-corrected chi connectivity index (χ0v) is 12.2. The molecule has 0 radical (unpaired) electrons. The van der Waals surface area contributed by atoms with Crippen molar-refractivity contribution in [3.63, 3.8) is 0 Å². The summed E-state index contributed by atoms with van der Waals surface area (Å²) in [5, 5.41) is 10.9. The van der Waals surface area contributed by atoms with Gasteiger partial charge in [0.15, 0.2) is 5.82 Å². The standard InChI is InChI=1S/C15H21N5O/c1-20-11-17-19-15(20)12-7-4-5-8-13(12)18-14(21)9-3-2-6-10-16/h4-5,7-8,11H,2-3,6,9-10,16H2,1H3,(H,18,21). The molecule has 1 aromatic heterocycles. The second kappa shape index (κ2) is 7.54. The summed E-state index contributed by atoms with van der Waals surface area (Å²) >= 11 is 0. The Bertz CT molecular complexity index is 593. The van der Waals surface area contributed by atoms with Gasteiger partial charge in [0.1, 0.15) is 6.33 Å². The Hall–Kier alpha value is -2.21. The van der Waals surface area contributed by atoms with Gasteiger partial charge in [-0.2, -0.15) is 0 Å². The SMILES string of the molecule is Cn1cnnc1-c1ccccc1NC(=O)CCCCCN. The van der Waals surface area contributed by atoms with Crippen molar-refractivity contribution in [1.29, 1.82) is 0 Å². The molecule has 0 unspecified atom stereocenters. The second-order valence-corrected chi connectivity index (χ2v) is 4.96. The molecule has 2 rings (SSSR count). The summed E-state index contributed by atoms with van der Waals surface area (Å²) in [7, 11) is 1.88. The van der Waals surface area contributed by atoms with Crippen LogP contribution in [0.4, 0.5) is 5.69 Å². The number of hydrogen-bond acceptors (Lipinski definition) is 4. The summed E-state index contributed by atoms with van der Waals surface area (Å²) in [5.41, 5.74) is 7.07. The normalized spacial score (nSPS) is 10.6. The highest BCUT2D eigenvalue weighted by atomic mass is 16.1. The molecule has 1 amide bonds. The van der Waals surface area contributed by atoms with Crippen LogP contribution in [0.15, 0.2) is 30.6 Å². The van der Waals surface area contributed by atoms with Crippen molar-refractivity contribution in [2.75, 3.05) is 11.9 Å². The van der Waals surface area contributed by atoms with Gasteiger partial charge in [0, 0.05) is 19.0 Å². The van der Waals surface area contributed by atoms with E-state index in [0.717, 1.165) is 36.3 Å². The predicted octanol–water partition coefficient (Wildman–Crippen LogP) is 1.94. The maximum atomic E-state index is 12.0. The molecule has 0 atom stereocenters. The van der Waals surface area contributed by atoms with Gasteiger partial charge in [-0.05, 0) is 31.5 Å². The largest absolute Gasteiger partial charge is 0.330 e. The monoisotopic (exact) mass is 287 g/mol. The lowest BCUT2D eigenvalue weighted by Gasteiger charge is -2.10. The van der Waals surface area contributed by atoms with Crippen molar-refractivity contribution >= 4 is 11.6 Å². The highest BCUT2D eigenvalue weighted by Crippen LogP contribution is 2.25. The van der Waals surface area contributed by atoms with E-state index in [1.54, 1.807) is 6.33 Å². The molecule has 1 heterocycles. The fourth-order valence-electron chi connectivity index (χ4n) is 2.13. The Morgan fingerprint density at radius 2 is 2.10 bits per heavy atom. The van der Waals surface area contributed by atoms with Crippen molar-refractivity contribution in [3.05, 3.63) is 30.6 Å². The number of carbonyl (C=O) groups excluding carboxylic acids is 1. The van der Waals surface area contributed by atoms with E-state index in [9.17, 15) is 4.79 Å². The highest BCUT2D eigenvalue weighted by molar-refractivity contribution is 5.94. The molecule has 0 aliphatic heterocycles. The number of nitrogens with zero attached hydrogens (tertiary/aromatic N) is 3. The van der Waals surface area contributed by atoms with Crippen LogP contribution in [0.5, 0.6) is 0 Å². The first-order chi connectivity index (χ1) is 10.2. The van der Waals surface area contributed by atoms with Gasteiger partial charge in [0.05, 0.1) is 5.69 Å². The van der Waals surface area contributed by atoms with Crippen molar-refractivity contribution in [3.8, 4) is 11.4 Å². The number of para-hydroxylation sites is 1. The lowest BCUT2D eigenvalue weighted by atomic mass is 10.1. The summed E-state index contributed by atoms with van der Waals surface area (Å²) in [6.07, 6.45) is 4.95. The van der Waals surface area contributed by atoms with Gasteiger partial charge in [-0.3, -0.25) is 4.79 Å². The molecule has 0 spiro atoms. The molecule has 1 aromatic carbocycles. The van der Waals surface area contributed by atoms with Crippen molar-refractivity contribution in [2.45, 2.75) is 25.7 Å². The number of benzene rings is 1. The van der Waals surface area contributed by atoms with Gasteiger partial charge < -0.3 is 15.6 Å². The van der Waals surface area contributed by atoms with Gasteiger partial charge in [-0.25, -0.2) is 0 Å². The molecular formula is C15H21N5O. The molecule has 0 fully saturated rings. The third-order valence-corrected chi connectivity index (χ3v) is 3.26. The average molecular weight is 287 g/mol. The van der Waals surface area contributed by atoms with E-state index >= 15 is 0 Å². The predicted molar refractivity (Wildman–Crippen MR) is 82.6 cm³/mol. The molecule has 6 nitrogen and oxygen atoms in total. The van der Waals surface area contributed by atoms with E-state index in [1.807, 2.05) is 35.9 Å². The third-order valence-electron chi connectivity index (χ3n) is 3.26. The van der Waals surface area contributed by atoms with E-state index in [1.165, 1.54) is 0 Å². The molecule has 112 valence electrons. The molecule has 2 aromatic rings. The Kier molecular flexibility index (Phi) is 5.45. The molecule has 0 saturated heterocycles. The zero-order valence-electron chi connectivity index (χ0n) is 12.2.